The van der Waals surface area contributed by atoms with Gasteiger partial charge in [0.05, 0.1) is 35.5 Å². The Morgan fingerprint density at radius 3 is 2.60 bits per heavy atom. The minimum absolute atomic E-state index is 0.219. The van der Waals surface area contributed by atoms with E-state index in [0.29, 0.717) is 46.1 Å². The lowest BCUT2D eigenvalue weighted by molar-refractivity contribution is 0.184. The first-order chi connectivity index (χ1) is 17.0. The Labute approximate surface area is 212 Å². The van der Waals surface area contributed by atoms with Crippen molar-refractivity contribution in [3.63, 3.8) is 0 Å². The fraction of sp³-hybridized carbons (Fsp3) is 0.231. The summed E-state index contributed by atoms with van der Waals surface area (Å²) < 4.78 is 17.7. The van der Waals surface area contributed by atoms with Crippen LogP contribution >= 0.6 is 15.9 Å². The first kappa shape index (κ1) is 25.7. The smallest absolute Gasteiger partial charge is 0.175 e. The van der Waals surface area contributed by atoms with E-state index >= 15 is 0 Å². The molecule has 0 atom stereocenters. The number of benzene rings is 2. The molecule has 0 unspecified atom stereocenters. The Kier molecular flexibility index (Phi) is 9.19. The minimum atomic E-state index is 0.219. The third kappa shape index (κ3) is 6.57. The van der Waals surface area contributed by atoms with Crippen molar-refractivity contribution in [3.8, 4) is 23.6 Å². The van der Waals surface area contributed by atoms with Gasteiger partial charge in [0, 0.05) is 23.9 Å². The molecule has 0 spiro atoms. The summed E-state index contributed by atoms with van der Waals surface area (Å²) in [6.45, 7) is 4.69. The highest BCUT2D eigenvalue weighted by Gasteiger charge is 2.14. The molecule has 0 aliphatic carbocycles. The summed E-state index contributed by atoms with van der Waals surface area (Å²) in [5.41, 5.74) is 6.81. The first-order valence-corrected chi connectivity index (χ1v) is 11.6. The molecule has 3 rings (SSSR count). The zero-order valence-corrected chi connectivity index (χ0v) is 21.2. The maximum Gasteiger partial charge on any atom is 0.175 e. The molecule has 35 heavy (non-hydrogen) atoms. The van der Waals surface area contributed by atoms with Crippen LogP contribution < -0.4 is 14.9 Å². The van der Waals surface area contributed by atoms with Gasteiger partial charge in [-0.25, -0.2) is 4.98 Å². The van der Waals surface area contributed by atoms with Crippen molar-refractivity contribution >= 4 is 28.0 Å². The number of methoxy groups -OCH3 is 1. The van der Waals surface area contributed by atoms with Gasteiger partial charge in [-0.1, -0.05) is 18.2 Å². The number of nitrogens with one attached hydrogen (secondary N) is 1. The molecule has 0 aliphatic rings. The van der Waals surface area contributed by atoms with Gasteiger partial charge in [-0.15, -0.1) is 0 Å². The molecular weight excluding hydrogens is 510 g/mol. The van der Waals surface area contributed by atoms with Crippen LogP contribution in [0.1, 0.15) is 40.4 Å². The number of rotatable bonds is 10. The zero-order valence-electron chi connectivity index (χ0n) is 19.6. The number of aryl methyl sites for hydroxylation is 1. The SMILES string of the molecule is CCOc1cc(/C=N/Nc2nc(C)cc(COC)c2C#N)cc(Br)c1OCc1ccccc1C#N. The van der Waals surface area contributed by atoms with Crippen LogP contribution in [0.3, 0.4) is 0 Å². The molecule has 0 radical (unpaired) electrons. The number of hydrazone groups is 1. The van der Waals surface area contributed by atoms with Crippen LogP contribution in [0.25, 0.3) is 0 Å². The molecule has 1 heterocycles. The quantitative estimate of drug-likeness (QED) is 0.271. The maximum absolute atomic E-state index is 9.57. The Bertz CT molecular complexity index is 1310. The number of pyridine rings is 1. The fourth-order valence-corrected chi connectivity index (χ4v) is 3.93. The molecule has 0 bridgehead atoms. The molecule has 8 nitrogen and oxygen atoms in total. The van der Waals surface area contributed by atoms with Crippen LogP contribution in [0.5, 0.6) is 11.5 Å². The van der Waals surface area contributed by atoms with Crippen LogP contribution in [-0.4, -0.2) is 24.9 Å². The molecule has 9 heteroatoms. The van der Waals surface area contributed by atoms with Crippen molar-refractivity contribution in [2.24, 2.45) is 5.10 Å². The van der Waals surface area contributed by atoms with E-state index in [1.54, 1.807) is 25.5 Å². The Balaban J connectivity index is 1.83. The molecule has 0 aliphatic heterocycles. The van der Waals surface area contributed by atoms with Crippen LogP contribution in [0.15, 0.2) is 52.0 Å². The van der Waals surface area contributed by atoms with E-state index in [0.717, 1.165) is 22.4 Å². The third-order valence-electron chi connectivity index (χ3n) is 4.87. The van der Waals surface area contributed by atoms with E-state index < -0.39 is 0 Å². The maximum atomic E-state index is 9.57. The van der Waals surface area contributed by atoms with Gasteiger partial charge in [-0.2, -0.15) is 15.6 Å². The fourth-order valence-electron chi connectivity index (χ4n) is 3.35. The highest BCUT2D eigenvalue weighted by Crippen LogP contribution is 2.37. The number of nitrogens with zero attached hydrogens (tertiary/aromatic N) is 4. The van der Waals surface area contributed by atoms with E-state index in [2.05, 4.69) is 43.6 Å². The second-order valence-corrected chi connectivity index (χ2v) is 8.24. The predicted octanol–water partition coefficient (Wildman–Crippen LogP) is 5.47. The normalized spacial score (nSPS) is 10.6. The van der Waals surface area contributed by atoms with Gasteiger partial charge in [0.25, 0.3) is 0 Å². The van der Waals surface area contributed by atoms with Crippen molar-refractivity contribution in [1.82, 2.24) is 4.98 Å². The number of halogens is 1. The minimum Gasteiger partial charge on any atom is -0.490 e. The summed E-state index contributed by atoms with van der Waals surface area (Å²) in [4.78, 5) is 4.38. The average molecular weight is 534 g/mol. The van der Waals surface area contributed by atoms with Crippen LogP contribution in [0.2, 0.25) is 0 Å². The van der Waals surface area contributed by atoms with Gasteiger partial charge in [0.1, 0.15) is 18.2 Å². The largest absolute Gasteiger partial charge is 0.490 e. The topological polar surface area (TPSA) is 113 Å². The molecule has 178 valence electrons. The third-order valence-corrected chi connectivity index (χ3v) is 5.46. The van der Waals surface area contributed by atoms with Crippen molar-refractivity contribution in [2.75, 3.05) is 19.1 Å². The van der Waals surface area contributed by atoms with Gasteiger partial charge < -0.3 is 14.2 Å². The van der Waals surface area contributed by atoms with E-state index in [-0.39, 0.29) is 6.61 Å². The molecule has 1 aromatic heterocycles. The van der Waals surface area contributed by atoms with Crippen molar-refractivity contribution in [1.29, 1.82) is 10.5 Å². The first-order valence-electron chi connectivity index (χ1n) is 10.8. The molecule has 0 saturated carbocycles. The van der Waals surface area contributed by atoms with E-state index in [4.69, 9.17) is 14.2 Å². The number of hydrogen-bond acceptors (Lipinski definition) is 8. The van der Waals surface area contributed by atoms with Gasteiger partial charge in [-0.3, -0.25) is 5.43 Å². The van der Waals surface area contributed by atoms with Crippen molar-refractivity contribution in [3.05, 3.63) is 80.4 Å². The molecule has 3 aromatic rings. The molecular formula is C26H24BrN5O3. The zero-order chi connectivity index (χ0) is 25.2. The molecule has 2 aromatic carbocycles. The number of ether oxygens (including phenoxy) is 3. The lowest BCUT2D eigenvalue weighted by Crippen LogP contribution is -2.04. The summed E-state index contributed by atoms with van der Waals surface area (Å²) in [6, 6.07) is 17.1. The second kappa shape index (κ2) is 12.5. The Morgan fingerprint density at radius 1 is 1.09 bits per heavy atom. The molecule has 1 N–H and O–H groups in total. The summed E-state index contributed by atoms with van der Waals surface area (Å²) >= 11 is 3.55. The lowest BCUT2D eigenvalue weighted by atomic mass is 10.1. The van der Waals surface area contributed by atoms with Gasteiger partial charge >= 0.3 is 0 Å². The second-order valence-electron chi connectivity index (χ2n) is 7.38. The lowest BCUT2D eigenvalue weighted by Gasteiger charge is -2.15. The summed E-state index contributed by atoms with van der Waals surface area (Å²) in [5.74, 6) is 1.42. The van der Waals surface area contributed by atoms with Crippen LogP contribution in [-0.2, 0) is 18.0 Å². The number of nitriles is 2. The van der Waals surface area contributed by atoms with Crippen LogP contribution in [0.4, 0.5) is 5.82 Å². The number of hydrogen-bond donors (Lipinski definition) is 1. The summed E-state index contributed by atoms with van der Waals surface area (Å²) in [6.07, 6.45) is 1.60. The molecule has 0 amide bonds. The summed E-state index contributed by atoms with van der Waals surface area (Å²) in [5, 5.41) is 23.1. The Morgan fingerprint density at radius 2 is 1.89 bits per heavy atom. The molecule has 0 fully saturated rings. The number of aromatic nitrogens is 1. The monoisotopic (exact) mass is 533 g/mol. The van der Waals surface area contributed by atoms with Crippen molar-refractivity contribution < 1.29 is 14.2 Å². The molecule has 0 saturated heterocycles. The van der Waals surface area contributed by atoms with Gasteiger partial charge in [0.2, 0.25) is 0 Å². The standard InChI is InChI=1S/C26H24BrN5O3/c1-4-34-24-11-18(10-23(27)25(24)35-16-20-8-6-5-7-19(20)12-28)14-30-32-26-22(13-29)21(15-33-3)9-17(2)31-26/h5-11,14H,4,15-16H2,1-3H3,(H,31,32)/b30-14+. The van der Waals surface area contributed by atoms with E-state index in [1.807, 2.05) is 44.2 Å². The Hall–Kier alpha value is -3.92. The van der Waals surface area contributed by atoms with Gasteiger partial charge in [-0.05, 0) is 59.6 Å². The van der Waals surface area contributed by atoms with Crippen molar-refractivity contribution in [2.45, 2.75) is 27.1 Å². The van der Waals surface area contributed by atoms with E-state index in [1.165, 1.54) is 0 Å². The number of anilines is 1. The average Bonchev–Trinajstić information content (AvgIpc) is 2.84. The van der Waals surface area contributed by atoms with E-state index in [9.17, 15) is 10.5 Å². The highest BCUT2D eigenvalue weighted by atomic mass is 79.9. The van der Waals surface area contributed by atoms with Gasteiger partial charge in [0.15, 0.2) is 17.3 Å². The predicted molar refractivity (Wildman–Crippen MR) is 136 cm³/mol. The van der Waals surface area contributed by atoms with Crippen LogP contribution in [0, 0.1) is 29.6 Å². The highest BCUT2D eigenvalue weighted by molar-refractivity contribution is 9.10. The summed E-state index contributed by atoms with van der Waals surface area (Å²) in [7, 11) is 1.58.